The number of rotatable bonds is 10. The molecule has 0 aliphatic carbocycles. The lowest BCUT2D eigenvalue weighted by atomic mass is 10.4. The lowest BCUT2D eigenvalue weighted by molar-refractivity contribution is 0.227. The first-order valence-corrected chi connectivity index (χ1v) is 10.8. The first-order valence-electron chi connectivity index (χ1n) is 9.09. The Morgan fingerprint density at radius 3 is 1.40 bits per heavy atom. The highest BCUT2D eigenvalue weighted by molar-refractivity contribution is 7.58. The minimum atomic E-state index is -0.532. The molecule has 0 radical (unpaired) electrons. The summed E-state index contributed by atoms with van der Waals surface area (Å²) in [6.07, 6.45) is 18.8. The molecule has 134 valence electrons. The van der Waals surface area contributed by atoms with Gasteiger partial charge in [0, 0.05) is 37.2 Å². The summed E-state index contributed by atoms with van der Waals surface area (Å²) in [6.45, 7) is 4.51. The van der Waals surface area contributed by atoms with Gasteiger partial charge in [-0.3, -0.25) is 0 Å². The summed E-state index contributed by atoms with van der Waals surface area (Å²) < 4.78 is 6.14. The van der Waals surface area contributed by atoms with Gasteiger partial charge in [-0.1, -0.05) is 26.7 Å². The molecule has 0 saturated heterocycles. The molecule has 7 heteroatoms. The van der Waals surface area contributed by atoms with Gasteiger partial charge in [0.25, 0.3) is 5.53 Å². The van der Waals surface area contributed by atoms with E-state index >= 15 is 0 Å². The number of unbranched alkanes of at least 4 members (excludes halogenated alkanes) is 2. The van der Waals surface area contributed by atoms with E-state index in [9.17, 15) is 0 Å². The summed E-state index contributed by atoms with van der Waals surface area (Å²) in [5.41, 5.74) is -0.532. The van der Waals surface area contributed by atoms with Gasteiger partial charge in [-0.15, -0.1) is 0 Å². The lowest BCUT2D eigenvalue weighted by Gasteiger charge is -2.41. The second-order valence-electron chi connectivity index (χ2n) is 6.15. The second-order valence-corrected chi connectivity index (χ2v) is 8.72. The van der Waals surface area contributed by atoms with Crippen molar-refractivity contribution in [2.45, 2.75) is 45.1 Å². The highest BCUT2D eigenvalue weighted by atomic mass is 31.1. The van der Waals surface area contributed by atoms with Crippen LogP contribution in [0.2, 0.25) is 0 Å². The standard InChI is InChI=1S/C18H27N6P/c1-3-5-16-25(17-6-4-2)18(22-13-7-10-19-22,23-14-8-11-20-23)24-15-9-12-21-24/h7-15H,3-6,16-17H2,1-2H3. The van der Waals surface area contributed by atoms with Crippen LogP contribution in [-0.4, -0.2) is 41.7 Å². The van der Waals surface area contributed by atoms with Crippen LogP contribution in [0.25, 0.3) is 0 Å². The number of hydrogen-bond acceptors (Lipinski definition) is 3. The van der Waals surface area contributed by atoms with Gasteiger partial charge < -0.3 is 0 Å². The smallest absolute Gasteiger partial charge is 0.221 e. The molecule has 0 N–H and O–H groups in total. The van der Waals surface area contributed by atoms with Crippen LogP contribution < -0.4 is 0 Å². The van der Waals surface area contributed by atoms with Crippen molar-refractivity contribution in [2.24, 2.45) is 0 Å². The van der Waals surface area contributed by atoms with Crippen molar-refractivity contribution in [3.05, 3.63) is 55.4 Å². The molecule has 0 aliphatic rings. The molecular formula is C18H27N6P. The fraction of sp³-hybridized carbons (Fsp3) is 0.500. The third-order valence-electron chi connectivity index (χ3n) is 4.42. The molecule has 0 amide bonds. The largest absolute Gasteiger partial charge is 0.266 e. The number of nitrogens with zero attached hydrogens (tertiary/aromatic N) is 6. The van der Waals surface area contributed by atoms with Crippen LogP contribution in [0.1, 0.15) is 39.5 Å². The van der Waals surface area contributed by atoms with Crippen LogP contribution in [0.4, 0.5) is 0 Å². The van der Waals surface area contributed by atoms with Crippen LogP contribution in [0.15, 0.2) is 55.4 Å². The van der Waals surface area contributed by atoms with Gasteiger partial charge in [0.15, 0.2) is 0 Å². The zero-order chi connectivity index (χ0) is 17.5. The second kappa shape index (κ2) is 8.43. The summed E-state index contributed by atoms with van der Waals surface area (Å²) in [4.78, 5) is 0. The number of aromatic nitrogens is 6. The molecular weight excluding hydrogens is 331 g/mol. The molecule has 3 aromatic heterocycles. The molecule has 0 aromatic carbocycles. The van der Waals surface area contributed by atoms with E-state index in [2.05, 4.69) is 29.1 Å². The Labute approximate surface area is 150 Å². The van der Waals surface area contributed by atoms with Gasteiger partial charge in [-0.2, -0.15) is 15.3 Å². The van der Waals surface area contributed by atoms with Crippen molar-refractivity contribution in [3.8, 4) is 0 Å². The Kier molecular flexibility index (Phi) is 6.03. The van der Waals surface area contributed by atoms with E-state index in [4.69, 9.17) is 0 Å². The van der Waals surface area contributed by atoms with Gasteiger partial charge in [-0.25, -0.2) is 14.0 Å². The SMILES string of the molecule is CCCCP(CCCC)C(n1cccn1)(n1cccn1)n1cccn1. The van der Waals surface area contributed by atoms with E-state index in [1.807, 2.05) is 69.4 Å². The molecule has 6 nitrogen and oxygen atoms in total. The van der Waals surface area contributed by atoms with Crippen molar-refractivity contribution in [3.63, 3.8) is 0 Å². The maximum absolute atomic E-state index is 4.65. The summed E-state index contributed by atoms with van der Waals surface area (Å²) >= 11 is 0. The molecule has 0 saturated carbocycles. The fourth-order valence-electron chi connectivity index (χ4n) is 3.20. The van der Waals surface area contributed by atoms with Gasteiger partial charge in [0.1, 0.15) is 0 Å². The van der Waals surface area contributed by atoms with Gasteiger partial charge in [0.05, 0.1) is 0 Å². The quantitative estimate of drug-likeness (QED) is 0.514. The predicted octanol–water partition coefficient (Wildman–Crippen LogP) is 4.02. The van der Waals surface area contributed by atoms with Crippen LogP contribution in [-0.2, 0) is 5.53 Å². The van der Waals surface area contributed by atoms with Gasteiger partial charge in [-0.05, 0) is 51.3 Å². The van der Waals surface area contributed by atoms with Crippen LogP contribution >= 0.6 is 7.92 Å². The van der Waals surface area contributed by atoms with Crippen molar-refractivity contribution in [1.82, 2.24) is 29.3 Å². The molecule has 0 atom stereocenters. The van der Waals surface area contributed by atoms with Gasteiger partial charge >= 0.3 is 0 Å². The van der Waals surface area contributed by atoms with Crippen LogP contribution in [0, 0.1) is 0 Å². The molecule has 3 rings (SSSR count). The molecule has 3 aromatic rings. The summed E-state index contributed by atoms with van der Waals surface area (Å²) in [5, 5.41) is 13.9. The topological polar surface area (TPSA) is 53.5 Å². The Hall–Kier alpha value is -1.94. The maximum atomic E-state index is 4.65. The van der Waals surface area contributed by atoms with Crippen LogP contribution in [0.3, 0.4) is 0 Å². The summed E-state index contributed by atoms with van der Waals surface area (Å²) in [6, 6.07) is 5.94. The van der Waals surface area contributed by atoms with Gasteiger partial charge in [0.2, 0.25) is 0 Å². The minimum Gasteiger partial charge on any atom is -0.221 e. The first kappa shape index (κ1) is 17.9. The van der Waals surface area contributed by atoms with Crippen molar-refractivity contribution in [1.29, 1.82) is 0 Å². The van der Waals surface area contributed by atoms with Crippen LogP contribution in [0.5, 0.6) is 0 Å². The van der Waals surface area contributed by atoms with E-state index in [0.717, 1.165) is 0 Å². The third kappa shape index (κ3) is 3.40. The Bertz CT molecular complexity index is 613. The Morgan fingerprint density at radius 1 is 0.720 bits per heavy atom. The highest BCUT2D eigenvalue weighted by Crippen LogP contribution is 2.55. The van der Waals surface area contributed by atoms with Crippen molar-refractivity contribution >= 4 is 7.92 Å². The molecule has 0 fully saturated rings. The molecule has 25 heavy (non-hydrogen) atoms. The zero-order valence-electron chi connectivity index (χ0n) is 15.1. The zero-order valence-corrected chi connectivity index (χ0v) is 16.0. The summed E-state index contributed by atoms with van der Waals surface area (Å²) in [7, 11) is -0.470. The normalized spacial score (nSPS) is 12.1. The van der Waals surface area contributed by atoms with Crippen molar-refractivity contribution in [2.75, 3.05) is 12.3 Å². The Balaban J connectivity index is 2.18. The Morgan fingerprint density at radius 2 is 1.12 bits per heavy atom. The lowest BCUT2D eigenvalue weighted by Crippen LogP contribution is -2.48. The fourth-order valence-corrected chi connectivity index (χ4v) is 6.64. The van der Waals surface area contributed by atoms with E-state index in [0.29, 0.717) is 0 Å². The minimum absolute atomic E-state index is 0.470. The molecule has 3 heterocycles. The van der Waals surface area contributed by atoms with E-state index < -0.39 is 13.4 Å². The summed E-state index contributed by atoms with van der Waals surface area (Å²) in [5.74, 6) is 0. The predicted molar refractivity (Wildman–Crippen MR) is 102 cm³/mol. The van der Waals surface area contributed by atoms with E-state index in [-0.39, 0.29) is 0 Å². The van der Waals surface area contributed by atoms with Crippen molar-refractivity contribution < 1.29 is 0 Å². The molecule has 0 unspecified atom stereocenters. The highest BCUT2D eigenvalue weighted by Gasteiger charge is 2.45. The van der Waals surface area contributed by atoms with E-state index in [1.54, 1.807) is 0 Å². The average Bonchev–Trinajstić information content (AvgIpc) is 3.41. The molecule has 0 spiro atoms. The number of hydrogen-bond donors (Lipinski definition) is 0. The first-order chi connectivity index (χ1) is 12.3. The average molecular weight is 358 g/mol. The third-order valence-corrected chi connectivity index (χ3v) is 7.60. The molecule has 0 aliphatic heterocycles. The van der Waals surface area contributed by atoms with E-state index in [1.165, 1.54) is 38.0 Å². The maximum Gasteiger partial charge on any atom is 0.266 e. The molecule has 0 bridgehead atoms. The monoisotopic (exact) mass is 358 g/mol.